The molecule has 4 aromatic rings. The maximum atomic E-state index is 13.2. The smallest absolute Gasteiger partial charge is 0.264 e. The molecule has 1 amide bonds. The fourth-order valence-electron chi connectivity index (χ4n) is 3.75. The van der Waals surface area contributed by atoms with Gasteiger partial charge in [0.25, 0.3) is 5.91 Å². The lowest BCUT2D eigenvalue weighted by molar-refractivity contribution is 0.0751. The second-order valence-electron chi connectivity index (χ2n) is 7.28. The number of para-hydroxylation sites is 1. The molecule has 0 spiro atoms. The fourth-order valence-corrected chi connectivity index (χ4v) is 5.13. The van der Waals surface area contributed by atoms with E-state index in [1.165, 1.54) is 11.3 Å². The Morgan fingerprint density at radius 1 is 1.07 bits per heavy atom. The van der Waals surface area contributed by atoms with Gasteiger partial charge >= 0.3 is 0 Å². The molecule has 0 unspecified atom stereocenters. The van der Waals surface area contributed by atoms with Gasteiger partial charge in [-0.1, -0.05) is 18.2 Å². The molecule has 152 valence electrons. The van der Waals surface area contributed by atoms with Crippen LogP contribution < -0.4 is 4.90 Å². The number of hydrogen-bond acceptors (Lipinski definition) is 5. The number of aromatic nitrogens is 3. The number of thiophene rings is 1. The number of fused-ring (bicyclic) bond motifs is 1. The van der Waals surface area contributed by atoms with Gasteiger partial charge in [0, 0.05) is 42.2 Å². The SMILES string of the molecule is Cc1nn(-c2ccccc2)c2sc(C(=O)N3CCN(c4ccc(Br)cn4)CC3)cc12. The van der Waals surface area contributed by atoms with E-state index in [0.29, 0.717) is 13.1 Å². The molecular weight excluding hydrogens is 462 g/mol. The molecule has 30 heavy (non-hydrogen) atoms. The highest BCUT2D eigenvalue weighted by molar-refractivity contribution is 9.10. The highest BCUT2D eigenvalue weighted by atomic mass is 79.9. The minimum Gasteiger partial charge on any atom is -0.353 e. The summed E-state index contributed by atoms with van der Waals surface area (Å²) in [6, 6.07) is 16.0. The maximum Gasteiger partial charge on any atom is 0.264 e. The third-order valence-electron chi connectivity index (χ3n) is 5.36. The first-order valence-electron chi connectivity index (χ1n) is 9.80. The summed E-state index contributed by atoms with van der Waals surface area (Å²) in [5.74, 6) is 1.05. The first-order chi connectivity index (χ1) is 14.6. The van der Waals surface area contributed by atoms with Crippen LogP contribution in [-0.2, 0) is 0 Å². The molecule has 0 bridgehead atoms. The summed E-state index contributed by atoms with van der Waals surface area (Å²) >= 11 is 4.94. The molecule has 1 aliphatic rings. The number of nitrogens with zero attached hydrogens (tertiary/aromatic N) is 5. The number of carbonyl (C=O) groups excluding carboxylic acids is 1. The number of benzene rings is 1. The number of piperazine rings is 1. The summed E-state index contributed by atoms with van der Waals surface area (Å²) in [6.07, 6.45) is 1.81. The van der Waals surface area contributed by atoms with Crippen LogP contribution in [0, 0.1) is 6.92 Å². The summed E-state index contributed by atoms with van der Waals surface area (Å²) in [7, 11) is 0. The Kier molecular flexibility index (Phi) is 5.04. The second-order valence-corrected chi connectivity index (χ2v) is 9.22. The van der Waals surface area contributed by atoms with E-state index in [2.05, 4.69) is 30.9 Å². The Bertz CT molecular complexity index is 1190. The fraction of sp³-hybridized carbons (Fsp3) is 0.227. The van der Waals surface area contributed by atoms with Crippen LogP contribution in [-0.4, -0.2) is 51.8 Å². The lowest BCUT2D eigenvalue weighted by Crippen LogP contribution is -2.48. The van der Waals surface area contributed by atoms with E-state index >= 15 is 0 Å². The monoisotopic (exact) mass is 481 g/mol. The number of halogens is 1. The van der Waals surface area contributed by atoms with Gasteiger partial charge in [0.15, 0.2) is 0 Å². The molecule has 3 aromatic heterocycles. The van der Waals surface area contributed by atoms with Crippen molar-refractivity contribution < 1.29 is 4.79 Å². The van der Waals surface area contributed by atoms with Gasteiger partial charge in [0.2, 0.25) is 0 Å². The van der Waals surface area contributed by atoms with Gasteiger partial charge in [-0.25, -0.2) is 9.67 Å². The summed E-state index contributed by atoms with van der Waals surface area (Å²) in [5.41, 5.74) is 1.95. The molecule has 1 aromatic carbocycles. The summed E-state index contributed by atoms with van der Waals surface area (Å²) < 4.78 is 2.90. The molecule has 4 heterocycles. The van der Waals surface area contributed by atoms with Crippen LogP contribution in [0.25, 0.3) is 15.9 Å². The van der Waals surface area contributed by atoms with Gasteiger partial charge in [0.1, 0.15) is 10.6 Å². The third-order valence-corrected chi connectivity index (χ3v) is 6.93. The highest BCUT2D eigenvalue weighted by Gasteiger charge is 2.25. The topological polar surface area (TPSA) is 54.3 Å². The van der Waals surface area contributed by atoms with Gasteiger partial charge < -0.3 is 9.80 Å². The van der Waals surface area contributed by atoms with Gasteiger partial charge in [-0.05, 0) is 53.2 Å². The van der Waals surface area contributed by atoms with Crippen LogP contribution in [0.4, 0.5) is 5.82 Å². The lowest BCUT2D eigenvalue weighted by Gasteiger charge is -2.35. The van der Waals surface area contributed by atoms with Crippen LogP contribution >= 0.6 is 27.3 Å². The van der Waals surface area contributed by atoms with Crippen LogP contribution in [0.15, 0.2) is 59.2 Å². The number of anilines is 1. The Morgan fingerprint density at radius 3 is 2.53 bits per heavy atom. The molecule has 0 atom stereocenters. The van der Waals surface area contributed by atoms with Crippen molar-refractivity contribution in [1.82, 2.24) is 19.7 Å². The van der Waals surface area contributed by atoms with Gasteiger partial charge in [-0.15, -0.1) is 11.3 Å². The van der Waals surface area contributed by atoms with Crippen molar-refractivity contribution in [3.63, 3.8) is 0 Å². The Hall–Kier alpha value is -2.71. The number of rotatable bonds is 3. The Morgan fingerprint density at radius 2 is 1.83 bits per heavy atom. The predicted molar refractivity (Wildman–Crippen MR) is 124 cm³/mol. The second kappa shape index (κ2) is 7.85. The molecule has 1 fully saturated rings. The van der Waals surface area contributed by atoms with E-state index in [9.17, 15) is 4.79 Å². The number of aryl methyl sites for hydroxylation is 1. The molecule has 1 saturated heterocycles. The van der Waals surface area contributed by atoms with Gasteiger partial charge in [-0.2, -0.15) is 5.10 Å². The van der Waals surface area contributed by atoms with Crippen LogP contribution in [0.5, 0.6) is 0 Å². The maximum absolute atomic E-state index is 13.2. The summed E-state index contributed by atoms with van der Waals surface area (Å²) in [4.78, 5) is 23.6. The minimum absolute atomic E-state index is 0.0960. The largest absolute Gasteiger partial charge is 0.353 e. The average Bonchev–Trinajstić information content (AvgIpc) is 3.35. The molecule has 0 aliphatic carbocycles. The summed E-state index contributed by atoms with van der Waals surface area (Å²) in [5, 5.41) is 5.71. The highest BCUT2D eigenvalue weighted by Crippen LogP contribution is 2.31. The molecule has 0 N–H and O–H groups in total. The number of carbonyl (C=O) groups is 1. The minimum atomic E-state index is 0.0960. The van der Waals surface area contributed by atoms with Crippen molar-refractivity contribution in [2.75, 3.05) is 31.1 Å². The molecule has 0 radical (unpaired) electrons. The predicted octanol–water partition coefficient (Wildman–Crippen LogP) is 4.52. The zero-order chi connectivity index (χ0) is 20.7. The molecule has 5 rings (SSSR count). The number of hydrogen-bond donors (Lipinski definition) is 0. The molecular formula is C22H20BrN5OS. The standard InChI is InChI=1S/C22H20BrN5OS/c1-15-18-13-19(30-22(18)28(25-15)17-5-3-2-4-6-17)21(29)27-11-9-26(10-12-27)20-8-7-16(23)14-24-20/h2-8,13-14H,9-12H2,1H3. The third kappa shape index (κ3) is 3.50. The first kappa shape index (κ1) is 19.3. The normalized spacial score (nSPS) is 14.5. The molecule has 1 aliphatic heterocycles. The Labute approximate surface area is 186 Å². The average molecular weight is 482 g/mol. The first-order valence-corrected chi connectivity index (χ1v) is 11.4. The van der Waals surface area contributed by atoms with Crippen molar-refractivity contribution >= 4 is 49.2 Å². The van der Waals surface area contributed by atoms with Crippen molar-refractivity contribution in [2.45, 2.75) is 6.92 Å². The van der Waals surface area contributed by atoms with E-state index < -0.39 is 0 Å². The van der Waals surface area contributed by atoms with Crippen molar-refractivity contribution in [2.24, 2.45) is 0 Å². The van der Waals surface area contributed by atoms with E-state index in [1.54, 1.807) is 0 Å². The lowest BCUT2D eigenvalue weighted by atomic mass is 10.2. The van der Waals surface area contributed by atoms with Crippen molar-refractivity contribution in [3.05, 3.63) is 69.8 Å². The van der Waals surface area contributed by atoms with E-state index in [-0.39, 0.29) is 5.91 Å². The van der Waals surface area contributed by atoms with Crippen LogP contribution in [0.3, 0.4) is 0 Å². The van der Waals surface area contributed by atoms with E-state index in [1.807, 2.05) is 71.2 Å². The quantitative estimate of drug-likeness (QED) is 0.431. The molecule has 0 saturated carbocycles. The molecule has 6 nitrogen and oxygen atoms in total. The van der Waals surface area contributed by atoms with Crippen molar-refractivity contribution in [1.29, 1.82) is 0 Å². The van der Waals surface area contributed by atoms with Crippen molar-refractivity contribution in [3.8, 4) is 5.69 Å². The summed E-state index contributed by atoms with van der Waals surface area (Å²) in [6.45, 7) is 4.93. The van der Waals surface area contributed by atoms with Crippen LogP contribution in [0.1, 0.15) is 15.4 Å². The van der Waals surface area contributed by atoms with Gasteiger partial charge in [0.05, 0.1) is 16.3 Å². The zero-order valence-corrected chi connectivity index (χ0v) is 18.9. The van der Waals surface area contributed by atoms with E-state index in [0.717, 1.165) is 49.9 Å². The van der Waals surface area contributed by atoms with Gasteiger partial charge in [-0.3, -0.25) is 4.79 Å². The number of amides is 1. The van der Waals surface area contributed by atoms with Crippen LogP contribution in [0.2, 0.25) is 0 Å². The Balaban J connectivity index is 1.35. The zero-order valence-electron chi connectivity index (χ0n) is 16.5. The number of pyridine rings is 1. The van der Waals surface area contributed by atoms with E-state index in [4.69, 9.17) is 0 Å². The molecule has 8 heteroatoms.